The summed E-state index contributed by atoms with van der Waals surface area (Å²) in [6, 6.07) is 7.49. The number of rotatable bonds is 2. The van der Waals surface area contributed by atoms with Gasteiger partial charge in [-0.25, -0.2) is 0 Å². The number of H-pyrrole nitrogens is 1. The topological polar surface area (TPSA) is 82.2 Å². The van der Waals surface area contributed by atoms with Crippen LogP contribution in [0.5, 0.6) is 0 Å². The van der Waals surface area contributed by atoms with E-state index >= 15 is 0 Å². The normalized spacial score (nSPS) is 21.7. The average molecular weight is 300 g/mol. The summed E-state index contributed by atoms with van der Waals surface area (Å²) < 4.78 is 0. The highest BCUT2D eigenvalue weighted by Crippen LogP contribution is 2.20. The van der Waals surface area contributed by atoms with Crippen molar-refractivity contribution in [1.29, 1.82) is 0 Å². The molecule has 0 atom stereocenters. The van der Waals surface area contributed by atoms with Crippen molar-refractivity contribution in [2.75, 3.05) is 0 Å². The van der Waals surface area contributed by atoms with Crippen LogP contribution in [0.1, 0.15) is 41.6 Å². The van der Waals surface area contributed by atoms with Crippen molar-refractivity contribution in [3.8, 4) is 0 Å². The number of carbonyl (C=O) groups excluding carboxylic acids is 1. The predicted octanol–water partition coefficient (Wildman–Crippen LogP) is 1.87. The number of pyridine rings is 1. The molecule has 116 valence electrons. The summed E-state index contributed by atoms with van der Waals surface area (Å²) in [5.41, 5.74) is 1.27. The molecule has 1 aromatic heterocycles. The van der Waals surface area contributed by atoms with E-state index in [9.17, 15) is 14.7 Å². The molecule has 0 unspecified atom stereocenters. The Kier molecular flexibility index (Phi) is 3.98. The molecule has 0 aliphatic heterocycles. The molecule has 3 N–H and O–H groups in total. The van der Waals surface area contributed by atoms with Gasteiger partial charge in [0, 0.05) is 16.9 Å². The molecular formula is C17H20N2O3. The fourth-order valence-corrected chi connectivity index (χ4v) is 3.16. The third-order valence-electron chi connectivity index (χ3n) is 4.44. The van der Waals surface area contributed by atoms with E-state index in [-0.39, 0.29) is 29.2 Å². The van der Waals surface area contributed by atoms with Crippen molar-refractivity contribution in [1.82, 2.24) is 10.3 Å². The molecule has 1 aliphatic rings. The van der Waals surface area contributed by atoms with Crippen molar-refractivity contribution >= 4 is 16.8 Å². The maximum absolute atomic E-state index is 12.5. The highest BCUT2D eigenvalue weighted by molar-refractivity contribution is 5.99. The van der Waals surface area contributed by atoms with Gasteiger partial charge in [0.1, 0.15) is 5.56 Å². The molecule has 3 rings (SSSR count). The van der Waals surface area contributed by atoms with Gasteiger partial charge in [-0.1, -0.05) is 18.2 Å². The molecule has 1 aromatic carbocycles. The van der Waals surface area contributed by atoms with Crippen LogP contribution < -0.4 is 10.9 Å². The van der Waals surface area contributed by atoms with E-state index < -0.39 is 0 Å². The highest BCUT2D eigenvalue weighted by Gasteiger charge is 2.23. The third-order valence-corrected chi connectivity index (χ3v) is 4.44. The molecule has 5 heteroatoms. The zero-order chi connectivity index (χ0) is 15.7. The number of amides is 1. The molecule has 0 bridgehead atoms. The molecule has 1 amide bonds. The minimum absolute atomic E-state index is 0.0289. The van der Waals surface area contributed by atoms with Crippen molar-refractivity contribution < 1.29 is 9.90 Å². The Morgan fingerprint density at radius 1 is 1.23 bits per heavy atom. The number of aryl methyl sites for hydroxylation is 1. The number of aromatic amines is 1. The second-order valence-electron chi connectivity index (χ2n) is 5.98. The number of aliphatic hydroxyl groups excluding tert-OH is 1. The molecule has 0 radical (unpaired) electrons. The number of fused-ring (bicyclic) bond motifs is 1. The number of para-hydroxylation sites is 1. The summed E-state index contributed by atoms with van der Waals surface area (Å²) in [4.78, 5) is 27.5. The maximum Gasteiger partial charge on any atom is 0.261 e. The SMILES string of the molecule is Cc1c(C(=O)NC2CCC(O)CC2)c(=O)[nH]c2ccccc12. The fourth-order valence-electron chi connectivity index (χ4n) is 3.16. The monoisotopic (exact) mass is 300 g/mol. The van der Waals surface area contributed by atoms with Crippen LogP contribution in [0.2, 0.25) is 0 Å². The summed E-state index contributed by atoms with van der Waals surface area (Å²) in [7, 11) is 0. The molecular weight excluding hydrogens is 280 g/mol. The molecule has 0 saturated heterocycles. The molecule has 0 spiro atoms. The predicted molar refractivity (Wildman–Crippen MR) is 85.0 cm³/mol. The first-order valence-electron chi connectivity index (χ1n) is 7.67. The first-order valence-corrected chi connectivity index (χ1v) is 7.67. The van der Waals surface area contributed by atoms with Gasteiger partial charge in [0.05, 0.1) is 6.10 Å². The smallest absolute Gasteiger partial charge is 0.261 e. The lowest BCUT2D eigenvalue weighted by Gasteiger charge is -2.26. The Bertz CT molecular complexity index is 758. The number of benzene rings is 1. The van der Waals surface area contributed by atoms with Crippen LogP contribution in [-0.2, 0) is 0 Å². The molecule has 1 heterocycles. The van der Waals surface area contributed by atoms with Gasteiger partial charge in [-0.15, -0.1) is 0 Å². The van der Waals surface area contributed by atoms with Crippen LogP contribution in [0.15, 0.2) is 29.1 Å². The van der Waals surface area contributed by atoms with Crippen LogP contribution >= 0.6 is 0 Å². The maximum atomic E-state index is 12.5. The lowest BCUT2D eigenvalue weighted by molar-refractivity contribution is 0.0866. The van der Waals surface area contributed by atoms with E-state index in [4.69, 9.17) is 0 Å². The molecule has 1 fully saturated rings. The fraction of sp³-hybridized carbons (Fsp3) is 0.412. The van der Waals surface area contributed by atoms with Gasteiger partial charge in [0.25, 0.3) is 11.5 Å². The average Bonchev–Trinajstić information content (AvgIpc) is 2.49. The lowest BCUT2D eigenvalue weighted by Crippen LogP contribution is -2.41. The highest BCUT2D eigenvalue weighted by atomic mass is 16.3. The molecule has 5 nitrogen and oxygen atoms in total. The zero-order valence-electron chi connectivity index (χ0n) is 12.6. The number of hydrogen-bond acceptors (Lipinski definition) is 3. The Hall–Kier alpha value is -2.14. The van der Waals surface area contributed by atoms with E-state index in [0.29, 0.717) is 18.4 Å². The van der Waals surface area contributed by atoms with Crippen molar-refractivity contribution in [2.24, 2.45) is 0 Å². The largest absolute Gasteiger partial charge is 0.393 e. The van der Waals surface area contributed by atoms with Crippen LogP contribution in [0, 0.1) is 6.92 Å². The molecule has 1 saturated carbocycles. The van der Waals surface area contributed by atoms with Gasteiger partial charge in [0.15, 0.2) is 0 Å². The van der Waals surface area contributed by atoms with Crippen LogP contribution in [0.3, 0.4) is 0 Å². The summed E-state index contributed by atoms with van der Waals surface area (Å²) in [5, 5.41) is 13.3. The Balaban J connectivity index is 1.89. The second-order valence-corrected chi connectivity index (χ2v) is 5.98. The molecule has 22 heavy (non-hydrogen) atoms. The van der Waals surface area contributed by atoms with E-state index in [1.807, 2.05) is 24.3 Å². The number of aromatic nitrogens is 1. The van der Waals surface area contributed by atoms with Gasteiger partial charge >= 0.3 is 0 Å². The molecule has 1 aliphatic carbocycles. The summed E-state index contributed by atoms with van der Waals surface area (Å²) in [6.45, 7) is 1.80. The van der Waals surface area contributed by atoms with Crippen molar-refractivity contribution in [3.05, 3.63) is 45.7 Å². The first kappa shape index (κ1) is 14.8. The minimum Gasteiger partial charge on any atom is -0.393 e. The van der Waals surface area contributed by atoms with E-state index in [1.165, 1.54) is 0 Å². The lowest BCUT2D eigenvalue weighted by atomic mass is 9.93. The summed E-state index contributed by atoms with van der Waals surface area (Å²) in [5.74, 6) is -0.328. The molecule has 2 aromatic rings. The van der Waals surface area contributed by atoms with Crippen molar-refractivity contribution in [2.45, 2.75) is 44.8 Å². The van der Waals surface area contributed by atoms with Gasteiger partial charge in [-0.3, -0.25) is 9.59 Å². The van der Waals surface area contributed by atoms with Gasteiger partial charge in [0.2, 0.25) is 0 Å². The first-order chi connectivity index (χ1) is 10.6. The van der Waals surface area contributed by atoms with Crippen molar-refractivity contribution in [3.63, 3.8) is 0 Å². The van der Waals surface area contributed by atoms with E-state index in [0.717, 1.165) is 23.7 Å². The van der Waals surface area contributed by atoms with Crippen LogP contribution in [0.4, 0.5) is 0 Å². The van der Waals surface area contributed by atoms with Crippen LogP contribution in [-0.4, -0.2) is 28.1 Å². The summed E-state index contributed by atoms with van der Waals surface area (Å²) in [6.07, 6.45) is 2.62. The number of nitrogens with one attached hydrogen (secondary N) is 2. The van der Waals surface area contributed by atoms with Crippen LogP contribution in [0.25, 0.3) is 10.9 Å². The Labute approximate surface area is 128 Å². The summed E-state index contributed by atoms with van der Waals surface area (Å²) >= 11 is 0. The Morgan fingerprint density at radius 2 is 1.91 bits per heavy atom. The number of carbonyl (C=O) groups is 1. The zero-order valence-corrected chi connectivity index (χ0v) is 12.6. The second kappa shape index (κ2) is 5.93. The number of hydrogen-bond donors (Lipinski definition) is 3. The third kappa shape index (κ3) is 2.76. The van der Waals surface area contributed by atoms with Gasteiger partial charge < -0.3 is 15.4 Å². The minimum atomic E-state index is -0.357. The Morgan fingerprint density at radius 3 is 2.64 bits per heavy atom. The van der Waals surface area contributed by atoms with E-state index in [1.54, 1.807) is 6.92 Å². The van der Waals surface area contributed by atoms with E-state index in [2.05, 4.69) is 10.3 Å². The van der Waals surface area contributed by atoms with Gasteiger partial charge in [-0.2, -0.15) is 0 Å². The number of aliphatic hydroxyl groups is 1. The standard InChI is InChI=1S/C17H20N2O3/c1-10-13-4-2-3-5-14(13)19-17(22)15(10)16(21)18-11-6-8-12(20)9-7-11/h2-5,11-12,20H,6-9H2,1H3,(H,18,21)(H,19,22). The van der Waals surface area contributed by atoms with Gasteiger partial charge in [-0.05, 0) is 44.2 Å². The quantitative estimate of drug-likeness (QED) is 0.792.